The molecule has 0 radical (unpaired) electrons. The number of aromatic nitrogens is 2. The molecule has 4 heteroatoms. The van der Waals surface area contributed by atoms with Crippen molar-refractivity contribution < 1.29 is 9.90 Å². The largest absolute Gasteiger partial charge is 0.480 e. The number of carboxylic acid groups (broad SMARTS) is 1. The molecule has 0 saturated carbocycles. The molecule has 19 heavy (non-hydrogen) atoms. The summed E-state index contributed by atoms with van der Waals surface area (Å²) >= 11 is 0. The van der Waals surface area contributed by atoms with Crippen molar-refractivity contribution in [1.29, 1.82) is 0 Å². The molecule has 1 heterocycles. The van der Waals surface area contributed by atoms with E-state index in [2.05, 4.69) is 18.9 Å². The van der Waals surface area contributed by atoms with E-state index in [-0.39, 0.29) is 6.54 Å². The van der Waals surface area contributed by atoms with Gasteiger partial charge in [0, 0.05) is 6.20 Å². The number of nitrogens with zero attached hydrogens (tertiary/aromatic N) is 2. The first-order valence-electron chi connectivity index (χ1n) is 7.23. The van der Waals surface area contributed by atoms with Crippen LogP contribution >= 0.6 is 0 Å². The Hall–Kier alpha value is -1.32. The highest BCUT2D eigenvalue weighted by molar-refractivity contribution is 5.66. The van der Waals surface area contributed by atoms with Gasteiger partial charge in [-0.1, -0.05) is 41.5 Å². The van der Waals surface area contributed by atoms with Gasteiger partial charge in [0.1, 0.15) is 6.54 Å². The van der Waals surface area contributed by atoms with Crippen molar-refractivity contribution in [3.63, 3.8) is 0 Å². The lowest BCUT2D eigenvalue weighted by Gasteiger charge is -2.28. The fraction of sp³-hybridized carbons (Fsp3) is 0.733. The number of carbonyl (C=O) groups is 1. The van der Waals surface area contributed by atoms with Gasteiger partial charge >= 0.3 is 5.97 Å². The molecule has 0 atom stereocenters. The summed E-state index contributed by atoms with van der Waals surface area (Å²) in [5.41, 5.74) is 2.62. The smallest absolute Gasteiger partial charge is 0.325 e. The molecule has 110 valence electrons. The maximum Gasteiger partial charge on any atom is 0.325 e. The minimum absolute atomic E-state index is 0.0343. The minimum Gasteiger partial charge on any atom is -0.480 e. The van der Waals surface area contributed by atoms with Crippen molar-refractivity contribution in [1.82, 2.24) is 9.78 Å². The Morgan fingerprint density at radius 2 is 1.95 bits per heavy atom. The number of rotatable bonds is 2. The van der Waals surface area contributed by atoms with E-state index < -0.39 is 5.97 Å². The number of hydrogen-bond donors (Lipinski definition) is 1. The third kappa shape index (κ3) is 5.45. The van der Waals surface area contributed by atoms with Crippen LogP contribution in [-0.2, 0) is 24.2 Å². The van der Waals surface area contributed by atoms with E-state index >= 15 is 0 Å². The Labute approximate surface area is 116 Å². The van der Waals surface area contributed by atoms with Gasteiger partial charge in [-0.2, -0.15) is 5.10 Å². The Bertz CT molecular complexity index is 395. The molecule has 0 aliphatic heterocycles. The van der Waals surface area contributed by atoms with E-state index in [1.54, 1.807) is 0 Å². The first-order chi connectivity index (χ1) is 8.96. The Morgan fingerprint density at radius 1 is 1.37 bits per heavy atom. The summed E-state index contributed by atoms with van der Waals surface area (Å²) in [5, 5.41) is 13.0. The Kier molecular flexibility index (Phi) is 7.42. The number of hydrogen-bond acceptors (Lipinski definition) is 2. The highest BCUT2D eigenvalue weighted by atomic mass is 16.4. The van der Waals surface area contributed by atoms with Crippen LogP contribution in [0.1, 0.15) is 59.2 Å². The molecule has 0 amide bonds. The standard InChI is InChI=1S/C11H16N2O2.2C2H6/c1-11(2)4-3-9-8(5-11)6-13(12-9)7-10(14)15;2*1-2/h6H,3-5,7H2,1-2H3,(H,14,15);2*1-2H3. The summed E-state index contributed by atoms with van der Waals surface area (Å²) in [5.74, 6) is -0.839. The van der Waals surface area contributed by atoms with E-state index in [4.69, 9.17) is 5.11 Å². The molecule has 1 aliphatic rings. The molecule has 0 unspecified atom stereocenters. The maximum absolute atomic E-state index is 10.5. The molecule has 1 aromatic heterocycles. The van der Waals surface area contributed by atoms with Crippen LogP contribution in [0.15, 0.2) is 6.20 Å². The van der Waals surface area contributed by atoms with E-state index in [1.807, 2.05) is 33.9 Å². The molecule has 0 aromatic carbocycles. The quantitative estimate of drug-likeness (QED) is 0.892. The number of aryl methyl sites for hydroxylation is 1. The summed E-state index contributed by atoms with van der Waals surface area (Å²) < 4.78 is 1.54. The molecular formula is C15H28N2O2. The minimum atomic E-state index is -0.839. The summed E-state index contributed by atoms with van der Waals surface area (Å²) in [6.07, 6.45) is 4.98. The van der Waals surface area contributed by atoms with Crippen molar-refractivity contribution in [2.24, 2.45) is 5.41 Å². The van der Waals surface area contributed by atoms with E-state index in [0.717, 1.165) is 25.0 Å². The number of fused-ring (bicyclic) bond motifs is 1. The molecule has 1 aromatic rings. The lowest BCUT2D eigenvalue weighted by atomic mass is 9.77. The fourth-order valence-electron chi connectivity index (χ4n) is 2.14. The lowest BCUT2D eigenvalue weighted by Crippen LogP contribution is -2.21. The highest BCUT2D eigenvalue weighted by Crippen LogP contribution is 2.33. The lowest BCUT2D eigenvalue weighted by molar-refractivity contribution is -0.137. The van der Waals surface area contributed by atoms with Gasteiger partial charge in [0.25, 0.3) is 0 Å². The molecule has 1 aliphatic carbocycles. The summed E-state index contributed by atoms with van der Waals surface area (Å²) in [6, 6.07) is 0. The second-order valence-electron chi connectivity index (χ2n) is 5.03. The van der Waals surface area contributed by atoms with E-state index in [1.165, 1.54) is 10.2 Å². The van der Waals surface area contributed by atoms with Gasteiger partial charge in [-0.15, -0.1) is 0 Å². The zero-order valence-electron chi connectivity index (χ0n) is 13.2. The van der Waals surface area contributed by atoms with Crippen molar-refractivity contribution in [2.75, 3.05) is 0 Å². The van der Waals surface area contributed by atoms with Crippen LogP contribution < -0.4 is 0 Å². The van der Waals surface area contributed by atoms with Crippen LogP contribution in [-0.4, -0.2) is 20.9 Å². The zero-order valence-corrected chi connectivity index (χ0v) is 13.2. The SMILES string of the molecule is CC.CC.CC1(C)CCc2nn(CC(=O)O)cc2C1. The Balaban J connectivity index is 0.000000741. The van der Waals surface area contributed by atoms with Crippen LogP contribution in [0.25, 0.3) is 0 Å². The average Bonchev–Trinajstić information content (AvgIpc) is 2.73. The van der Waals surface area contributed by atoms with Crippen molar-refractivity contribution in [2.45, 2.75) is 67.3 Å². The molecule has 0 saturated heterocycles. The highest BCUT2D eigenvalue weighted by Gasteiger charge is 2.27. The normalized spacial score (nSPS) is 15.3. The first kappa shape index (κ1) is 17.7. The molecule has 2 rings (SSSR count). The van der Waals surface area contributed by atoms with Gasteiger partial charge < -0.3 is 5.11 Å². The van der Waals surface area contributed by atoms with Gasteiger partial charge in [-0.05, 0) is 30.2 Å². The Morgan fingerprint density at radius 3 is 2.47 bits per heavy atom. The van der Waals surface area contributed by atoms with Crippen molar-refractivity contribution >= 4 is 5.97 Å². The van der Waals surface area contributed by atoms with Gasteiger partial charge in [0.05, 0.1) is 5.69 Å². The fourth-order valence-corrected chi connectivity index (χ4v) is 2.14. The van der Waals surface area contributed by atoms with Crippen LogP contribution in [0.4, 0.5) is 0 Å². The molecular weight excluding hydrogens is 240 g/mol. The van der Waals surface area contributed by atoms with Crippen LogP contribution in [0, 0.1) is 5.41 Å². The zero-order chi connectivity index (χ0) is 15.1. The predicted molar refractivity (Wildman–Crippen MR) is 78.4 cm³/mol. The number of aliphatic carboxylic acids is 1. The van der Waals surface area contributed by atoms with Crippen molar-refractivity contribution in [3.8, 4) is 0 Å². The number of carboxylic acids is 1. The second kappa shape index (κ2) is 7.97. The molecule has 0 bridgehead atoms. The second-order valence-corrected chi connectivity index (χ2v) is 5.03. The molecule has 0 fully saturated rings. The average molecular weight is 268 g/mol. The van der Waals surface area contributed by atoms with Crippen molar-refractivity contribution in [3.05, 3.63) is 17.5 Å². The third-order valence-corrected chi connectivity index (χ3v) is 2.93. The van der Waals surface area contributed by atoms with Gasteiger partial charge in [0.2, 0.25) is 0 Å². The van der Waals surface area contributed by atoms with E-state index in [9.17, 15) is 4.79 Å². The van der Waals surface area contributed by atoms with Gasteiger partial charge in [-0.3, -0.25) is 9.48 Å². The topological polar surface area (TPSA) is 55.1 Å². The van der Waals surface area contributed by atoms with Crippen LogP contribution in [0.3, 0.4) is 0 Å². The van der Waals surface area contributed by atoms with E-state index in [0.29, 0.717) is 5.41 Å². The molecule has 0 spiro atoms. The molecule has 1 N–H and O–H groups in total. The van der Waals surface area contributed by atoms with Crippen LogP contribution in [0.5, 0.6) is 0 Å². The summed E-state index contributed by atoms with van der Waals surface area (Å²) in [7, 11) is 0. The monoisotopic (exact) mass is 268 g/mol. The predicted octanol–water partition coefficient (Wildman–Crippen LogP) is 3.54. The van der Waals surface area contributed by atoms with Gasteiger partial charge in [0.15, 0.2) is 0 Å². The summed E-state index contributed by atoms with van der Waals surface area (Å²) in [4.78, 5) is 10.5. The van der Waals surface area contributed by atoms with Crippen LogP contribution in [0.2, 0.25) is 0 Å². The molecule has 4 nitrogen and oxygen atoms in total. The first-order valence-corrected chi connectivity index (χ1v) is 7.23. The summed E-state index contributed by atoms with van der Waals surface area (Å²) in [6.45, 7) is 12.4. The third-order valence-electron chi connectivity index (χ3n) is 2.93. The maximum atomic E-state index is 10.5. The van der Waals surface area contributed by atoms with Gasteiger partial charge in [-0.25, -0.2) is 0 Å².